The molecule has 23 heavy (non-hydrogen) atoms. The van der Waals surface area contributed by atoms with Gasteiger partial charge in [0.1, 0.15) is 6.07 Å². The van der Waals surface area contributed by atoms with Crippen molar-refractivity contribution in [2.75, 3.05) is 5.43 Å². The smallest absolute Gasteiger partial charge is 0.336 e. The first-order chi connectivity index (χ1) is 10.7. The fourth-order valence-electron chi connectivity index (χ4n) is 1.40. The minimum atomic E-state index is -1.60. The standard InChI is InChI=1S/C10H7N7O6/c11-3-5(9(12)13)14-15-8-6(16(20)21)1-4(10(18)19)2-7(8)17(22)23/h1-2,15H,(H3,12,13)(H,18,19)/b14-5+. The van der Waals surface area contributed by atoms with E-state index in [1.807, 2.05) is 5.43 Å². The Morgan fingerprint density at radius 1 is 1.35 bits per heavy atom. The Kier molecular flexibility index (Phi) is 4.86. The van der Waals surface area contributed by atoms with Gasteiger partial charge in [-0.3, -0.25) is 31.1 Å². The Hall–Kier alpha value is -4.08. The molecule has 0 saturated heterocycles. The molecule has 0 saturated carbocycles. The minimum Gasteiger partial charge on any atom is -0.478 e. The molecule has 0 bridgehead atoms. The summed E-state index contributed by atoms with van der Waals surface area (Å²) in [5, 5.41) is 49.8. The van der Waals surface area contributed by atoms with E-state index < -0.39 is 50.0 Å². The van der Waals surface area contributed by atoms with E-state index in [9.17, 15) is 25.0 Å². The van der Waals surface area contributed by atoms with Crippen molar-refractivity contribution in [3.05, 3.63) is 37.9 Å². The van der Waals surface area contributed by atoms with E-state index in [0.717, 1.165) is 0 Å². The van der Waals surface area contributed by atoms with Crippen LogP contribution < -0.4 is 11.2 Å². The molecule has 0 unspecified atom stereocenters. The Labute approximate surface area is 126 Å². The van der Waals surface area contributed by atoms with E-state index >= 15 is 0 Å². The summed E-state index contributed by atoms with van der Waals surface area (Å²) >= 11 is 0. The topological polar surface area (TPSA) is 222 Å². The van der Waals surface area contributed by atoms with Gasteiger partial charge < -0.3 is 10.8 Å². The predicted octanol–water partition coefficient (Wildman–Crippen LogP) is 0.429. The van der Waals surface area contributed by atoms with E-state index in [-0.39, 0.29) is 0 Å². The molecule has 13 heteroatoms. The number of nitrogens with two attached hydrogens (primary N) is 1. The highest BCUT2D eigenvalue weighted by Crippen LogP contribution is 2.35. The first-order valence-corrected chi connectivity index (χ1v) is 5.47. The number of aromatic carboxylic acids is 1. The molecule has 0 atom stereocenters. The van der Waals surface area contributed by atoms with Crippen molar-refractivity contribution in [2.45, 2.75) is 0 Å². The Morgan fingerprint density at radius 3 is 2.13 bits per heavy atom. The third-order valence-corrected chi connectivity index (χ3v) is 2.38. The zero-order chi connectivity index (χ0) is 17.7. The lowest BCUT2D eigenvalue weighted by atomic mass is 10.1. The van der Waals surface area contributed by atoms with Gasteiger partial charge in [-0.2, -0.15) is 10.4 Å². The van der Waals surface area contributed by atoms with Crippen LogP contribution in [0.3, 0.4) is 0 Å². The first kappa shape index (κ1) is 17.0. The number of carboxylic acids is 1. The number of nitro groups is 2. The Bertz CT molecular complexity index is 758. The number of anilines is 1. The van der Waals surface area contributed by atoms with Crippen LogP contribution in [-0.2, 0) is 0 Å². The molecule has 1 aromatic carbocycles. The summed E-state index contributed by atoms with van der Waals surface area (Å²) in [7, 11) is 0. The third kappa shape index (κ3) is 3.72. The van der Waals surface area contributed by atoms with Crippen LogP contribution in [-0.4, -0.2) is 32.5 Å². The summed E-state index contributed by atoms with van der Waals surface area (Å²) in [5.41, 5.74) is 2.94. The second-order valence-electron chi connectivity index (χ2n) is 3.81. The monoisotopic (exact) mass is 321 g/mol. The highest BCUT2D eigenvalue weighted by Gasteiger charge is 2.28. The lowest BCUT2D eigenvalue weighted by Crippen LogP contribution is -2.22. The highest BCUT2D eigenvalue weighted by molar-refractivity contribution is 6.45. The van der Waals surface area contributed by atoms with Gasteiger partial charge in [0, 0.05) is 12.1 Å². The SMILES string of the molecule is N#C/C(=N\Nc1c([N+](=O)[O-])cc(C(=O)O)cc1[N+](=O)[O-])C(=N)N. The fraction of sp³-hybridized carbons (Fsp3) is 0. The molecular weight excluding hydrogens is 314 g/mol. The number of benzene rings is 1. The summed E-state index contributed by atoms with van der Waals surface area (Å²) in [6.07, 6.45) is 0. The molecule has 0 aliphatic carbocycles. The number of carbonyl (C=O) groups is 1. The Balaban J connectivity index is 3.59. The van der Waals surface area contributed by atoms with Crippen molar-refractivity contribution < 1.29 is 19.7 Å². The molecule has 0 aliphatic heterocycles. The highest BCUT2D eigenvalue weighted by atomic mass is 16.6. The average molecular weight is 321 g/mol. The fourth-order valence-corrected chi connectivity index (χ4v) is 1.40. The molecule has 0 fully saturated rings. The van der Waals surface area contributed by atoms with Crippen molar-refractivity contribution in [3.8, 4) is 6.07 Å². The number of nitro benzene ring substituents is 2. The number of carboxylic acid groups (broad SMARTS) is 1. The van der Waals surface area contributed by atoms with Gasteiger partial charge in [-0.15, -0.1) is 0 Å². The minimum absolute atomic E-state index is 0.590. The molecule has 0 aliphatic rings. The Morgan fingerprint density at radius 2 is 1.83 bits per heavy atom. The lowest BCUT2D eigenvalue weighted by molar-refractivity contribution is -0.392. The average Bonchev–Trinajstić information content (AvgIpc) is 2.46. The van der Waals surface area contributed by atoms with E-state index in [4.69, 9.17) is 21.5 Å². The first-order valence-electron chi connectivity index (χ1n) is 5.47. The molecule has 13 nitrogen and oxygen atoms in total. The number of hydrogen-bond acceptors (Lipinski definition) is 9. The molecule has 0 spiro atoms. The molecule has 0 amide bonds. The number of nitrogens with one attached hydrogen (secondary N) is 2. The van der Waals surface area contributed by atoms with E-state index in [1.54, 1.807) is 0 Å². The van der Waals surface area contributed by atoms with Gasteiger partial charge in [0.05, 0.1) is 15.4 Å². The van der Waals surface area contributed by atoms with Gasteiger partial charge in [-0.1, -0.05) is 0 Å². The van der Waals surface area contributed by atoms with Crippen LogP contribution in [0.2, 0.25) is 0 Å². The summed E-state index contributed by atoms with van der Waals surface area (Å²) in [5.74, 6) is -2.37. The summed E-state index contributed by atoms with van der Waals surface area (Å²) in [6.45, 7) is 0. The van der Waals surface area contributed by atoms with Gasteiger partial charge in [0.25, 0.3) is 0 Å². The van der Waals surface area contributed by atoms with Gasteiger partial charge in [-0.25, -0.2) is 4.79 Å². The van der Waals surface area contributed by atoms with Crippen LogP contribution in [0.4, 0.5) is 17.1 Å². The summed E-state index contributed by atoms with van der Waals surface area (Å²) < 4.78 is 0. The molecule has 0 aromatic heterocycles. The van der Waals surface area contributed by atoms with Crippen molar-refractivity contribution in [3.63, 3.8) is 0 Å². The number of rotatable bonds is 6. The number of amidine groups is 1. The zero-order valence-electron chi connectivity index (χ0n) is 11.0. The van der Waals surface area contributed by atoms with E-state index in [0.29, 0.717) is 12.1 Å². The molecule has 1 rings (SSSR count). The molecule has 0 radical (unpaired) electrons. The normalized spacial score (nSPS) is 10.5. The second kappa shape index (κ2) is 6.58. The van der Waals surface area contributed by atoms with Gasteiger partial charge in [0.2, 0.25) is 11.4 Å². The molecular formula is C10H7N7O6. The van der Waals surface area contributed by atoms with Crippen LogP contribution in [0.15, 0.2) is 17.2 Å². The van der Waals surface area contributed by atoms with Crippen molar-refractivity contribution in [1.82, 2.24) is 0 Å². The van der Waals surface area contributed by atoms with Crippen molar-refractivity contribution >= 4 is 34.6 Å². The van der Waals surface area contributed by atoms with Crippen LogP contribution in [0.1, 0.15) is 10.4 Å². The quantitative estimate of drug-likeness (QED) is 0.246. The second-order valence-corrected chi connectivity index (χ2v) is 3.81. The summed E-state index contributed by atoms with van der Waals surface area (Å²) in [4.78, 5) is 30.7. The van der Waals surface area contributed by atoms with Crippen LogP contribution in [0.5, 0.6) is 0 Å². The maximum Gasteiger partial charge on any atom is 0.336 e. The molecule has 0 heterocycles. The van der Waals surface area contributed by atoms with Crippen LogP contribution in [0, 0.1) is 37.0 Å². The summed E-state index contributed by atoms with van der Waals surface area (Å²) in [6, 6.07) is 2.58. The van der Waals surface area contributed by atoms with E-state index in [1.165, 1.54) is 6.07 Å². The number of hydrogen-bond donors (Lipinski definition) is 4. The van der Waals surface area contributed by atoms with Crippen LogP contribution >= 0.6 is 0 Å². The number of nitriles is 1. The maximum absolute atomic E-state index is 11.0. The lowest BCUT2D eigenvalue weighted by Gasteiger charge is -2.05. The van der Waals surface area contributed by atoms with Gasteiger partial charge in [0.15, 0.2) is 5.84 Å². The van der Waals surface area contributed by atoms with Crippen LogP contribution in [0.25, 0.3) is 0 Å². The number of hydrazone groups is 1. The predicted molar refractivity (Wildman–Crippen MR) is 75.3 cm³/mol. The van der Waals surface area contributed by atoms with Gasteiger partial charge in [-0.05, 0) is 0 Å². The number of nitrogens with zero attached hydrogens (tertiary/aromatic N) is 4. The van der Waals surface area contributed by atoms with Crippen molar-refractivity contribution in [1.29, 1.82) is 10.7 Å². The largest absolute Gasteiger partial charge is 0.478 e. The molecule has 5 N–H and O–H groups in total. The third-order valence-electron chi connectivity index (χ3n) is 2.38. The zero-order valence-corrected chi connectivity index (χ0v) is 11.0. The van der Waals surface area contributed by atoms with Crippen molar-refractivity contribution in [2.24, 2.45) is 10.8 Å². The van der Waals surface area contributed by atoms with Gasteiger partial charge >= 0.3 is 17.3 Å². The molecule has 118 valence electrons. The maximum atomic E-state index is 11.0. The molecule has 1 aromatic rings. The van der Waals surface area contributed by atoms with E-state index in [2.05, 4.69) is 5.10 Å².